The summed E-state index contributed by atoms with van der Waals surface area (Å²) in [6.07, 6.45) is 0. The van der Waals surface area contributed by atoms with Crippen LogP contribution in [0.25, 0.3) is 21.5 Å². The molecule has 0 aliphatic rings. The number of fused-ring (bicyclic) bond motifs is 2. The molecule has 20 heavy (non-hydrogen) atoms. The lowest BCUT2D eigenvalue weighted by molar-refractivity contribution is 0.414. The Morgan fingerprint density at radius 3 is 1.40 bits per heavy atom. The topological polar surface area (TPSA) is 58.9 Å². The molecule has 0 spiro atoms. The first-order valence-electron chi connectivity index (χ1n) is 6.15. The molecule has 0 atom stereocenters. The van der Waals surface area contributed by atoms with E-state index in [2.05, 4.69) is 0 Å². The highest BCUT2D eigenvalue weighted by Gasteiger charge is 2.14. The number of ether oxygens (including phenoxy) is 2. The zero-order chi connectivity index (χ0) is 14.3. The highest BCUT2D eigenvalue weighted by Crippen LogP contribution is 2.43. The third-order valence-electron chi connectivity index (χ3n) is 3.47. The third-order valence-corrected chi connectivity index (χ3v) is 3.47. The minimum atomic E-state index is 0.120. The number of hydrogen-bond donors (Lipinski definition) is 2. The van der Waals surface area contributed by atoms with Crippen LogP contribution in [0.1, 0.15) is 0 Å². The molecule has 0 unspecified atom stereocenters. The predicted molar refractivity (Wildman–Crippen MR) is 77.9 cm³/mol. The average Bonchev–Trinajstić information content (AvgIpc) is 2.51. The molecule has 0 amide bonds. The van der Waals surface area contributed by atoms with Gasteiger partial charge in [-0.15, -0.1) is 0 Å². The number of phenols is 2. The molecule has 0 aliphatic carbocycles. The average molecular weight is 270 g/mol. The van der Waals surface area contributed by atoms with Gasteiger partial charge in [-0.25, -0.2) is 0 Å². The van der Waals surface area contributed by atoms with Gasteiger partial charge in [-0.2, -0.15) is 0 Å². The molecular formula is C16H14O4. The van der Waals surface area contributed by atoms with Gasteiger partial charge >= 0.3 is 0 Å². The molecular weight excluding hydrogens is 256 g/mol. The van der Waals surface area contributed by atoms with Crippen molar-refractivity contribution in [3.05, 3.63) is 36.4 Å². The third kappa shape index (κ3) is 1.69. The largest absolute Gasteiger partial charge is 0.507 e. The van der Waals surface area contributed by atoms with Crippen molar-refractivity contribution in [1.29, 1.82) is 0 Å². The van der Waals surface area contributed by atoms with Crippen LogP contribution in [0, 0.1) is 0 Å². The van der Waals surface area contributed by atoms with E-state index in [4.69, 9.17) is 9.47 Å². The van der Waals surface area contributed by atoms with E-state index in [0.29, 0.717) is 33.0 Å². The summed E-state index contributed by atoms with van der Waals surface area (Å²) < 4.78 is 10.3. The summed E-state index contributed by atoms with van der Waals surface area (Å²) in [5.41, 5.74) is 0. The van der Waals surface area contributed by atoms with Gasteiger partial charge in [0.05, 0.1) is 14.2 Å². The summed E-state index contributed by atoms with van der Waals surface area (Å²) in [6.45, 7) is 0. The molecule has 4 heteroatoms. The summed E-state index contributed by atoms with van der Waals surface area (Å²) in [5, 5.41) is 23.1. The Morgan fingerprint density at radius 1 is 0.650 bits per heavy atom. The Kier molecular flexibility index (Phi) is 2.79. The lowest BCUT2D eigenvalue weighted by Crippen LogP contribution is -1.87. The second kappa shape index (κ2) is 4.49. The molecule has 0 saturated heterocycles. The van der Waals surface area contributed by atoms with Crippen molar-refractivity contribution in [1.82, 2.24) is 0 Å². The zero-order valence-electron chi connectivity index (χ0n) is 11.2. The molecule has 0 bridgehead atoms. The Morgan fingerprint density at radius 2 is 1.05 bits per heavy atom. The van der Waals surface area contributed by atoms with Crippen LogP contribution in [0.3, 0.4) is 0 Å². The van der Waals surface area contributed by atoms with Gasteiger partial charge in [0, 0.05) is 21.5 Å². The molecule has 0 aromatic heterocycles. The van der Waals surface area contributed by atoms with E-state index in [-0.39, 0.29) is 11.5 Å². The highest BCUT2D eigenvalue weighted by atomic mass is 16.5. The second-order valence-electron chi connectivity index (χ2n) is 4.52. The minimum absolute atomic E-state index is 0.120. The quantitative estimate of drug-likeness (QED) is 0.553. The summed E-state index contributed by atoms with van der Waals surface area (Å²) in [5.74, 6) is 1.49. The van der Waals surface area contributed by atoms with Gasteiger partial charge in [0.2, 0.25) is 0 Å². The molecule has 0 radical (unpaired) electrons. The number of methoxy groups -OCH3 is 2. The monoisotopic (exact) mass is 270 g/mol. The molecule has 4 nitrogen and oxygen atoms in total. The van der Waals surface area contributed by atoms with E-state index >= 15 is 0 Å². The number of benzene rings is 3. The number of aromatic hydroxyl groups is 2. The van der Waals surface area contributed by atoms with E-state index < -0.39 is 0 Å². The summed E-state index contributed by atoms with van der Waals surface area (Å²) in [6, 6.07) is 10.3. The Hall–Kier alpha value is -2.62. The van der Waals surface area contributed by atoms with Crippen molar-refractivity contribution in [3.63, 3.8) is 0 Å². The SMILES string of the molecule is COc1ccc2c(O)c3cc(OC)ccc3c(O)c2c1. The first kappa shape index (κ1) is 12.4. The van der Waals surface area contributed by atoms with E-state index in [0.717, 1.165) is 0 Å². The molecule has 102 valence electrons. The molecule has 0 heterocycles. The van der Waals surface area contributed by atoms with E-state index in [1.54, 1.807) is 50.6 Å². The van der Waals surface area contributed by atoms with Crippen LogP contribution >= 0.6 is 0 Å². The van der Waals surface area contributed by atoms with Crippen LogP contribution in [-0.2, 0) is 0 Å². The van der Waals surface area contributed by atoms with Crippen LogP contribution in [0.2, 0.25) is 0 Å². The highest BCUT2D eigenvalue weighted by molar-refractivity contribution is 6.11. The normalized spacial score (nSPS) is 10.9. The fraction of sp³-hybridized carbons (Fsp3) is 0.125. The van der Waals surface area contributed by atoms with Gasteiger partial charge in [0.15, 0.2) is 0 Å². The van der Waals surface area contributed by atoms with E-state index in [9.17, 15) is 10.2 Å². The summed E-state index contributed by atoms with van der Waals surface area (Å²) in [4.78, 5) is 0. The standard InChI is InChI=1S/C16H14O4/c1-19-9-3-5-11-13(7-9)15(17)12-6-4-10(20-2)8-14(12)16(11)18/h3-8,17-18H,1-2H3. The predicted octanol–water partition coefficient (Wildman–Crippen LogP) is 3.42. The summed E-state index contributed by atoms with van der Waals surface area (Å²) in [7, 11) is 3.12. The Labute approximate surface area is 115 Å². The fourth-order valence-corrected chi connectivity index (χ4v) is 2.40. The number of hydrogen-bond acceptors (Lipinski definition) is 4. The van der Waals surface area contributed by atoms with Gasteiger partial charge in [0.1, 0.15) is 23.0 Å². The fourth-order valence-electron chi connectivity index (χ4n) is 2.40. The van der Waals surface area contributed by atoms with Crippen molar-refractivity contribution >= 4 is 21.5 Å². The van der Waals surface area contributed by atoms with Crippen LogP contribution in [0.4, 0.5) is 0 Å². The molecule has 0 aliphatic heterocycles. The van der Waals surface area contributed by atoms with Crippen molar-refractivity contribution < 1.29 is 19.7 Å². The van der Waals surface area contributed by atoms with E-state index in [1.807, 2.05) is 0 Å². The second-order valence-corrected chi connectivity index (χ2v) is 4.52. The van der Waals surface area contributed by atoms with Gasteiger partial charge in [-0.05, 0) is 36.4 Å². The number of phenolic OH excluding ortho intramolecular Hbond substituents is 2. The van der Waals surface area contributed by atoms with Gasteiger partial charge in [0.25, 0.3) is 0 Å². The van der Waals surface area contributed by atoms with Crippen LogP contribution in [0.15, 0.2) is 36.4 Å². The van der Waals surface area contributed by atoms with Gasteiger partial charge < -0.3 is 19.7 Å². The zero-order valence-corrected chi connectivity index (χ0v) is 11.2. The minimum Gasteiger partial charge on any atom is -0.507 e. The molecule has 0 saturated carbocycles. The molecule has 3 rings (SSSR count). The molecule has 3 aromatic rings. The maximum Gasteiger partial charge on any atom is 0.131 e. The van der Waals surface area contributed by atoms with Crippen molar-refractivity contribution in [2.24, 2.45) is 0 Å². The molecule has 0 fully saturated rings. The van der Waals surface area contributed by atoms with Crippen molar-refractivity contribution in [2.45, 2.75) is 0 Å². The molecule has 2 N–H and O–H groups in total. The van der Waals surface area contributed by atoms with Crippen LogP contribution in [0.5, 0.6) is 23.0 Å². The Bertz CT molecular complexity index is 739. The lowest BCUT2D eigenvalue weighted by Gasteiger charge is -2.11. The first-order valence-corrected chi connectivity index (χ1v) is 6.15. The maximum atomic E-state index is 10.4. The van der Waals surface area contributed by atoms with Crippen molar-refractivity contribution in [2.75, 3.05) is 14.2 Å². The van der Waals surface area contributed by atoms with Gasteiger partial charge in [-0.3, -0.25) is 0 Å². The molecule has 3 aromatic carbocycles. The van der Waals surface area contributed by atoms with Crippen LogP contribution in [-0.4, -0.2) is 24.4 Å². The van der Waals surface area contributed by atoms with Crippen molar-refractivity contribution in [3.8, 4) is 23.0 Å². The number of rotatable bonds is 2. The first-order chi connectivity index (χ1) is 9.65. The van der Waals surface area contributed by atoms with E-state index in [1.165, 1.54) is 0 Å². The Balaban J connectivity index is 2.46. The van der Waals surface area contributed by atoms with Crippen LogP contribution < -0.4 is 9.47 Å². The summed E-state index contributed by atoms with van der Waals surface area (Å²) >= 11 is 0. The maximum absolute atomic E-state index is 10.4. The lowest BCUT2D eigenvalue weighted by atomic mass is 10.00. The smallest absolute Gasteiger partial charge is 0.131 e. The van der Waals surface area contributed by atoms with Gasteiger partial charge in [-0.1, -0.05) is 0 Å².